The predicted molar refractivity (Wildman–Crippen MR) is 123 cm³/mol. The van der Waals surface area contributed by atoms with Crippen LogP contribution in [0, 0.1) is 25.7 Å². The number of carbonyl (C=O) groups is 2. The van der Waals surface area contributed by atoms with Crippen molar-refractivity contribution in [1.29, 1.82) is 0 Å². The van der Waals surface area contributed by atoms with Crippen LogP contribution >= 0.6 is 0 Å². The molecule has 1 fully saturated rings. The third-order valence-corrected chi connectivity index (χ3v) is 6.67. The molecular formula is C28H25NO2. The second-order valence-electron chi connectivity index (χ2n) is 8.61. The van der Waals surface area contributed by atoms with Gasteiger partial charge in [-0.1, -0.05) is 84.9 Å². The molecule has 3 heteroatoms. The average molecular weight is 408 g/mol. The fourth-order valence-electron chi connectivity index (χ4n) is 5.13. The average Bonchev–Trinajstić information content (AvgIpc) is 3.07. The molecule has 3 aromatic rings. The maximum atomic E-state index is 13.8. The molecule has 0 saturated carbocycles. The molecule has 0 unspecified atom stereocenters. The third kappa shape index (κ3) is 3.21. The van der Waals surface area contributed by atoms with Crippen molar-refractivity contribution in [2.45, 2.75) is 25.7 Å². The van der Waals surface area contributed by atoms with E-state index >= 15 is 0 Å². The zero-order valence-electron chi connectivity index (χ0n) is 17.7. The molecule has 0 aromatic heterocycles. The minimum absolute atomic E-state index is 0.0946. The predicted octanol–water partition coefficient (Wildman–Crippen LogP) is 5.55. The Kier molecular flexibility index (Phi) is 4.82. The Morgan fingerprint density at radius 3 is 1.61 bits per heavy atom. The number of nitrogens with zero attached hydrogens (tertiary/aromatic N) is 1. The highest BCUT2D eigenvalue weighted by molar-refractivity contribution is 6.23. The van der Waals surface area contributed by atoms with Crippen molar-refractivity contribution in [3.8, 4) is 0 Å². The number of rotatable bonds is 3. The lowest BCUT2D eigenvalue weighted by atomic mass is 9.68. The van der Waals surface area contributed by atoms with Gasteiger partial charge in [-0.25, -0.2) is 4.90 Å². The first-order valence-electron chi connectivity index (χ1n) is 10.8. The number of amides is 2. The molecule has 3 aromatic carbocycles. The fourth-order valence-corrected chi connectivity index (χ4v) is 5.13. The highest BCUT2D eigenvalue weighted by Crippen LogP contribution is 2.50. The van der Waals surface area contributed by atoms with E-state index in [9.17, 15) is 9.59 Å². The van der Waals surface area contributed by atoms with E-state index in [4.69, 9.17) is 0 Å². The number of imide groups is 1. The Hall–Kier alpha value is -3.46. The summed E-state index contributed by atoms with van der Waals surface area (Å²) in [6.07, 6.45) is 4.26. The molecule has 1 aliphatic carbocycles. The summed E-state index contributed by atoms with van der Waals surface area (Å²) in [7, 11) is 0. The lowest BCUT2D eigenvalue weighted by Gasteiger charge is -2.32. The van der Waals surface area contributed by atoms with Crippen molar-refractivity contribution in [3.05, 3.63) is 113 Å². The van der Waals surface area contributed by atoms with Crippen LogP contribution in [0.3, 0.4) is 0 Å². The number of aryl methyl sites for hydroxylation is 2. The zero-order valence-corrected chi connectivity index (χ0v) is 17.7. The SMILES string of the molecule is Cc1ccc(C)c(N2C(=O)[C@@H]3[C@@H](C2=O)[C@H](c2ccccc2)C=C[C@@H]3c2ccccc2)c1. The van der Waals surface area contributed by atoms with Crippen molar-refractivity contribution in [2.75, 3.05) is 4.90 Å². The summed E-state index contributed by atoms with van der Waals surface area (Å²) >= 11 is 0. The summed E-state index contributed by atoms with van der Waals surface area (Å²) in [6.45, 7) is 3.95. The van der Waals surface area contributed by atoms with E-state index in [-0.39, 0.29) is 23.7 Å². The van der Waals surface area contributed by atoms with Gasteiger partial charge in [-0.05, 0) is 42.2 Å². The number of fused-ring (bicyclic) bond motifs is 1. The summed E-state index contributed by atoms with van der Waals surface area (Å²) < 4.78 is 0. The Morgan fingerprint density at radius 2 is 1.13 bits per heavy atom. The molecule has 31 heavy (non-hydrogen) atoms. The van der Waals surface area contributed by atoms with Crippen LogP contribution in [0.2, 0.25) is 0 Å². The molecule has 0 radical (unpaired) electrons. The van der Waals surface area contributed by atoms with Gasteiger partial charge in [0.1, 0.15) is 0 Å². The number of hydrogen-bond donors (Lipinski definition) is 0. The van der Waals surface area contributed by atoms with Gasteiger partial charge in [0.2, 0.25) is 11.8 Å². The number of allylic oxidation sites excluding steroid dienone is 2. The van der Waals surface area contributed by atoms with Gasteiger partial charge in [-0.2, -0.15) is 0 Å². The van der Waals surface area contributed by atoms with E-state index in [0.29, 0.717) is 5.69 Å². The van der Waals surface area contributed by atoms with Crippen molar-refractivity contribution in [2.24, 2.45) is 11.8 Å². The zero-order chi connectivity index (χ0) is 21.5. The summed E-state index contributed by atoms with van der Waals surface area (Å²) in [5, 5.41) is 0. The molecule has 0 spiro atoms. The number of benzene rings is 3. The molecule has 0 bridgehead atoms. The quantitative estimate of drug-likeness (QED) is 0.422. The van der Waals surface area contributed by atoms with Gasteiger partial charge in [0.05, 0.1) is 17.5 Å². The minimum atomic E-state index is -0.412. The van der Waals surface area contributed by atoms with Crippen LogP contribution in [0.15, 0.2) is 91.0 Å². The Balaban J connectivity index is 1.65. The van der Waals surface area contributed by atoms with Crippen molar-refractivity contribution in [1.82, 2.24) is 0 Å². The number of carbonyl (C=O) groups excluding carboxylic acids is 2. The van der Waals surface area contributed by atoms with Crippen LogP contribution in [0.1, 0.15) is 34.1 Å². The second-order valence-corrected chi connectivity index (χ2v) is 8.61. The Labute approximate surface area is 183 Å². The lowest BCUT2D eigenvalue weighted by molar-refractivity contribution is -0.122. The second kappa shape index (κ2) is 7.66. The molecule has 1 heterocycles. The molecule has 4 atom stereocenters. The first-order valence-corrected chi connectivity index (χ1v) is 10.8. The highest BCUT2D eigenvalue weighted by atomic mass is 16.2. The van der Waals surface area contributed by atoms with E-state index in [1.54, 1.807) is 0 Å². The largest absolute Gasteiger partial charge is 0.274 e. The minimum Gasteiger partial charge on any atom is -0.274 e. The van der Waals surface area contributed by atoms with Gasteiger partial charge in [-0.15, -0.1) is 0 Å². The van der Waals surface area contributed by atoms with Gasteiger partial charge in [0, 0.05) is 11.8 Å². The first-order chi connectivity index (χ1) is 15.1. The van der Waals surface area contributed by atoms with E-state index < -0.39 is 11.8 Å². The van der Waals surface area contributed by atoms with Crippen molar-refractivity contribution < 1.29 is 9.59 Å². The van der Waals surface area contributed by atoms with Crippen LogP contribution in [0.5, 0.6) is 0 Å². The smallest absolute Gasteiger partial charge is 0.238 e. The van der Waals surface area contributed by atoms with Crippen LogP contribution in [0.25, 0.3) is 0 Å². The number of anilines is 1. The van der Waals surface area contributed by atoms with Crippen LogP contribution in [-0.2, 0) is 9.59 Å². The molecule has 1 aliphatic heterocycles. The molecule has 0 N–H and O–H groups in total. The third-order valence-electron chi connectivity index (χ3n) is 6.67. The van der Waals surface area contributed by atoms with Crippen molar-refractivity contribution >= 4 is 17.5 Å². The van der Waals surface area contributed by atoms with Gasteiger partial charge < -0.3 is 0 Å². The summed E-state index contributed by atoms with van der Waals surface area (Å²) in [6, 6.07) is 26.1. The van der Waals surface area contributed by atoms with E-state index in [0.717, 1.165) is 22.3 Å². The molecule has 1 saturated heterocycles. The van der Waals surface area contributed by atoms with Gasteiger partial charge in [0.25, 0.3) is 0 Å². The first kappa shape index (κ1) is 19.5. The van der Waals surface area contributed by atoms with E-state index in [1.165, 1.54) is 4.90 Å². The molecule has 154 valence electrons. The van der Waals surface area contributed by atoms with Crippen LogP contribution < -0.4 is 4.90 Å². The van der Waals surface area contributed by atoms with Gasteiger partial charge in [0.15, 0.2) is 0 Å². The molecule has 2 aliphatic rings. The lowest BCUT2D eigenvalue weighted by Crippen LogP contribution is -2.32. The van der Waals surface area contributed by atoms with E-state index in [2.05, 4.69) is 12.2 Å². The molecule has 5 rings (SSSR count). The fraction of sp³-hybridized carbons (Fsp3) is 0.214. The summed E-state index contributed by atoms with van der Waals surface area (Å²) in [4.78, 5) is 29.1. The molecule has 2 amide bonds. The van der Waals surface area contributed by atoms with Crippen molar-refractivity contribution in [3.63, 3.8) is 0 Å². The summed E-state index contributed by atoms with van der Waals surface area (Å²) in [5.74, 6) is -1.24. The highest BCUT2D eigenvalue weighted by Gasteiger charge is 2.55. The topological polar surface area (TPSA) is 37.4 Å². The standard InChI is InChI=1S/C28H25NO2/c1-18-13-14-19(2)24(17-18)29-27(30)25-22(20-9-5-3-6-10-20)15-16-23(26(25)28(29)31)21-11-7-4-8-12-21/h3-17,22-23,25-26H,1-2H3/t22-,23+,25-,26-/m0/s1. The Morgan fingerprint density at radius 1 is 0.645 bits per heavy atom. The Bertz CT molecular complexity index is 1100. The van der Waals surface area contributed by atoms with Crippen LogP contribution in [0.4, 0.5) is 5.69 Å². The molecule has 3 nitrogen and oxygen atoms in total. The van der Waals surface area contributed by atoms with Gasteiger partial charge in [-0.3, -0.25) is 9.59 Å². The molecular weight excluding hydrogens is 382 g/mol. The normalized spacial score (nSPS) is 25.0. The van der Waals surface area contributed by atoms with E-state index in [1.807, 2.05) is 92.7 Å². The maximum Gasteiger partial charge on any atom is 0.238 e. The number of hydrogen-bond acceptors (Lipinski definition) is 2. The maximum absolute atomic E-state index is 13.8. The van der Waals surface area contributed by atoms with Crippen LogP contribution in [-0.4, -0.2) is 11.8 Å². The summed E-state index contributed by atoms with van der Waals surface area (Å²) in [5.41, 5.74) is 4.83. The monoisotopic (exact) mass is 407 g/mol. The van der Waals surface area contributed by atoms with Gasteiger partial charge >= 0.3 is 0 Å².